The molecule has 0 fully saturated rings. The third-order valence-corrected chi connectivity index (χ3v) is 2.34. The second kappa shape index (κ2) is 8.95. The fourth-order valence-corrected chi connectivity index (χ4v) is 1.21. The van der Waals surface area contributed by atoms with Gasteiger partial charge in [-0.2, -0.15) is 0 Å². The number of hydrogen-bond acceptors (Lipinski definition) is 4. The number of nitrogens with zero attached hydrogens (tertiary/aromatic N) is 2. The zero-order chi connectivity index (χ0) is 13.3. The molecule has 0 atom stereocenters. The van der Waals surface area contributed by atoms with Gasteiger partial charge in [-0.3, -0.25) is 9.59 Å². The van der Waals surface area contributed by atoms with Crippen LogP contribution < -0.4 is 5.73 Å². The molecule has 0 saturated heterocycles. The van der Waals surface area contributed by atoms with Crippen molar-refractivity contribution in [1.29, 1.82) is 0 Å². The maximum absolute atomic E-state index is 11.8. The second-order valence-electron chi connectivity index (χ2n) is 3.99. The highest BCUT2D eigenvalue weighted by atomic mass is 16.5. The topological polar surface area (TPSA) is 75.9 Å². The summed E-state index contributed by atoms with van der Waals surface area (Å²) in [5, 5.41) is 0. The van der Waals surface area contributed by atoms with E-state index in [1.54, 1.807) is 21.2 Å². The van der Waals surface area contributed by atoms with Crippen LogP contribution in [-0.2, 0) is 14.3 Å². The van der Waals surface area contributed by atoms with E-state index in [0.29, 0.717) is 32.5 Å². The minimum absolute atomic E-state index is 0.0531. The summed E-state index contributed by atoms with van der Waals surface area (Å²) in [6.45, 7) is 1.43. The van der Waals surface area contributed by atoms with Gasteiger partial charge in [-0.25, -0.2) is 0 Å². The predicted octanol–water partition coefficient (Wildman–Crippen LogP) is -0.711. The maximum Gasteiger partial charge on any atom is 0.241 e. The summed E-state index contributed by atoms with van der Waals surface area (Å²) in [7, 11) is 4.90. The van der Waals surface area contributed by atoms with E-state index in [4.69, 9.17) is 10.5 Å². The summed E-state index contributed by atoms with van der Waals surface area (Å²) >= 11 is 0. The first kappa shape index (κ1) is 15.9. The number of hydrogen-bond donors (Lipinski definition) is 1. The molecule has 0 aromatic heterocycles. The van der Waals surface area contributed by atoms with Crippen molar-refractivity contribution in [2.45, 2.75) is 12.8 Å². The van der Waals surface area contributed by atoms with E-state index in [9.17, 15) is 9.59 Å². The predicted molar refractivity (Wildman–Crippen MR) is 65.4 cm³/mol. The standard InChI is InChI=1S/C11H23N3O3/c1-13(2)11(16)9-14(7-8-17-3)10(15)5-4-6-12/h4-9,12H2,1-3H3. The molecule has 0 aromatic rings. The van der Waals surface area contributed by atoms with Crippen molar-refractivity contribution in [3.05, 3.63) is 0 Å². The minimum atomic E-state index is -0.0952. The lowest BCUT2D eigenvalue weighted by molar-refractivity contribution is -0.139. The van der Waals surface area contributed by atoms with Gasteiger partial charge in [-0.15, -0.1) is 0 Å². The normalized spacial score (nSPS) is 10.1. The monoisotopic (exact) mass is 245 g/mol. The van der Waals surface area contributed by atoms with Crippen molar-refractivity contribution < 1.29 is 14.3 Å². The number of methoxy groups -OCH3 is 1. The largest absolute Gasteiger partial charge is 0.383 e. The van der Waals surface area contributed by atoms with Crippen molar-refractivity contribution in [3.63, 3.8) is 0 Å². The number of nitrogens with two attached hydrogens (primary N) is 1. The number of ether oxygens (including phenoxy) is 1. The van der Waals surface area contributed by atoms with Crippen LogP contribution in [0.5, 0.6) is 0 Å². The number of rotatable bonds is 8. The summed E-state index contributed by atoms with van der Waals surface area (Å²) in [5.74, 6) is -0.148. The molecule has 0 radical (unpaired) electrons. The first-order valence-electron chi connectivity index (χ1n) is 5.69. The van der Waals surface area contributed by atoms with Crippen LogP contribution in [0.1, 0.15) is 12.8 Å². The minimum Gasteiger partial charge on any atom is -0.383 e. The highest BCUT2D eigenvalue weighted by Crippen LogP contribution is 1.99. The molecule has 0 bridgehead atoms. The van der Waals surface area contributed by atoms with Crippen LogP contribution in [0.25, 0.3) is 0 Å². The quantitative estimate of drug-likeness (QED) is 0.613. The van der Waals surface area contributed by atoms with Crippen LogP contribution in [0.2, 0.25) is 0 Å². The van der Waals surface area contributed by atoms with Crippen molar-refractivity contribution in [2.24, 2.45) is 5.73 Å². The van der Waals surface area contributed by atoms with E-state index in [0.717, 1.165) is 0 Å². The molecular weight excluding hydrogens is 222 g/mol. The molecular formula is C11H23N3O3. The van der Waals surface area contributed by atoms with Gasteiger partial charge in [0, 0.05) is 34.2 Å². The zero-order valence-electron chi connectivity index (χ0n) is 10.9. The Morgan fingerprint density at radius 2 is 1.88 bits per heavy atom. The molecule has 0 aliphatic carbocycles. The van der Waals surface area contributed by atoms with Gasteiger partial charge in [0.2, 0.25) is 11.8 Å². The lowest BCUT2D eigenvalue weighted by atomic mass is 10.2. The Morgan fingerprint density at radius 1 is 1.24 bits per heavy atom. The Labute approximate surface area is 103 Å². The molecule has 100 valence electrons. The van der Waals surface area contributed by atoms with Gasteiger partial charge >= 0.3 is 0 Å². The molecule has 6 nitrogen and oxygen atoms in total. The van der Waals surface area contributed by atoms with E-state index in [1.807, 2.05) is 0 Å². The molecule has 0 saturated carbocycles. The van der Waals surface area contributed by atoms with Crippen LogP contribution in [0.3, 0.4) is 0 Å². The van der Waals surface area contributed by atoms with Gasteiger partial charge in [0.25, 0.3) is 0 Å². The van der Waals surface area contributed by atoms with Crippen LogP contribution in [0, 0.1) is 0 Å². The molecule has 2 N–H and O–H groups in total. The highest BCUT2D eigenvalue weighted by molar-refractivity contribution is 5.84. The number of amides is 2. The third kappa shape index (κ3) is 6.91. The average molecular weight is 245 g/mol. The van der Waals surface area contributed by atoms with Crippen molar-refractivity contribution in [3.8, 4) is 0 Å². The van der Waals surface area contributed by atoms with E-state index < -0.39 is 0 Å². The molecule has 0 aliphatic heterocycles. The van der Waals surface area contributed by atoms with Gasteiger partial charge in [-0.05, 0) is 13.0 Å². The van der Waals surface area contributed by atoms with Crippen molar-refractivity contribution >= 4 is 11.8 Å². The molecule has 0 aromatic carbocycles. The van der Waals surface area contributed by atoms with Crippen molar-refractivity contribution in [2.75, 3.05) is 47.4 Å². The van der Waals surface area contributed by atoms with E-state index in [1.165, 1.54) is 9.80 Å². The van der Waals surface area contributed by atoms with Gasteiger partial charge in [0.05, 0.1) is 13.2 Å². The van der Waals surface area contributed by atoms with Crippen LogP contribution in [0.15, 0.2) is 0 Å². The maximum atomic E-state index is 11.8. The lowest BCUT2D eigenvalue weighted by Gasteiger charge is -2.23. The summed E-state index contributed by atoms with van der Waals surface area (Å²) in [4.78, 5) is 26.4. The zero-order valence-corrected chi connectivity index (χ0v) is 10.9. The summed E-state index contributed by atoms with van der Waals surface area (Å²) < 4.78 is 4.93. The second-order valence-corrected chi connectivity index (χ2v) is 3.99. The van der Waals surface area contributed by atoms with Gasteiger partial charge in [0.15, 0.2) is 0 Å². The first-order chi connectivity index (χ1) is 8.02. The molecule has 6 heteroatoms. The van der Waals surface area contributed by atoms with Crippen molar-refractivity contribution in [1.82, 2.24) is 9.80 Å². The highest BCUT2D eigenvalue weighted by Gasteiger charge is 2.17. The Kier molecular flexibility index (Phi) is 8.35. The molecule has 0 aliphatic rings. The Bertz CT molecular complexity index is 244. The summed E-state index contributed by atoms with van der Waals surface area (Å²) in [6, 6.07) is 0. The van der Waals surface area contributed by atoms with Gasteiger partial charge in [-0.1, -0.05) is 0 Å². The van der Waals surface area contributed by atoms with Crippen LogP contribution in [0.4, 0.5) is 0 Å². The Balaban J connectivity index is 4.30. The molecule has 0 unspecified atom stereocenters. The van der Waals surface area contributed by atoms with Gasteiger partial charge in [0.1, 0.15) is 0 Å². The van der Waals surface area contributed by atoms with E-state index >= 15 is 0 Å². The molecule has 2 amide bonds. The summed E-state index contributed by atoms with van der Waals surface area (Å²) in [5.41, 5.74) is 5.36. The third-order valence-electron chi connectivity index (χ3n) is 2.34. The lowest BCUT2D eigenvalue weighted by Crippen LogP contribution is -2.41. The van der Waals surface area contributed by atoms with Gasteiger partial charge < -0.3 is 20.3 Å². The number of carbonyl (C=O) groups excluding carboxylic acids is 2. The molecule has 0 spiro atoms. The summed E-state index contributed by atoms with van der Waals surface area (Å²) in [6.07, 6.45) is 1.01. The molecule has 0 rings (SSSR count). The fourth-order valence-electron chi connectivity index (χ4n) is 1.21. The number of likely N-dealkylation sites (N-methyl/N-ethyl adjacent to an activating group) is 1. The average Bonchev–Trinajstić information content (AvgIpc) is 2.30. The SMILES string of the molecule is COCCN(CC(=O)N(C)C)C(=O)CCCN. The first-order valence-corrected chi connectivity index (χ1v) is 5.69. The van der Waals surface area contributed by atoms with Crippen LogP contribution >= 0.6 is 0 Å². The Morgan fingerprint density at radius 3 is 2.35 bits per heavy atom. The number of carbonyl (C=O) groups is 2. The Hall–Kier alpha value is -1.14. The van der Waals surface area contributed by atoms with Crippen LogP contribution in [-0.4, -0.2) is 69.1 Å². The molecule has 0 heterocycles. The van der Waals surface area contributed by atoms with E-state index in [-0.39, 0.29) is 18.4 Å². The van der Waals surface area contributed by atoms with E-state index in [2.05, 4.69) is 0 Å². The smallest absolute Gasteiger partial charge is 0.241 e. The molecule has 17 heavy (non-hydrogen) atoms. The fraction of sp³-hybridized carbons (Fsp3) is 0.818.